The molecule has 19 heavy (non-hydrogen) atoms. The fourth-order valence-corrected chi connectivity index (χ4v) is 1.74. The second-order valence-electron chi connectivity index (χ2n) is 3.98. The van der Waals surface area contributed by atoms with Crippen molar-refractivity contribution in [2.75, 3.05) is 13.7 Å². The van der Waals surface area contributed by atoms with E-state index >= 15 is 0 Å². The molecule has 2 rings (SSSR count). The molecule has 1 aromatic heterocycles. The van der Waals surface area contributed by atoms with Crippen molar-refractivity contribution >= 4 is 0 Å². The van der Waals surface area contributed by atoms with E-state index in [0.29, 0.717) is 18.2 Å². The lowest BCUT2D eigenvalue weighted by atomic mass is 10.0. The van der Waals surface area contributed by atoms with Crippen LogP contribution in [0.25, 0.3) is 0 Å². The molecule has 5 heteroatoms. The van der Waals surface area contributed by atoms with Crippen LogP contribution in [0.1, 0.15) is 24.2 Å². The minimum Gasteiger partial charge on any atom is -0.494 e. The molecule has 0 saturated carbocycles. The number of nitrogens with two attached hydrogens (primary N) is 1. The van der Waals surface area contributed by atoms with Crippen LogP contribution in [0.4, 0.5) is 0 Å². The molecule has 1 atom stereocenters. The predicted octanol–water partition coefficient (Wildman–Crippen LogP) is 1.93. The highest BCUT2D eigenvalue weighted by molar-refractivity contribution is 5.34. The van der Waals surface area contributed by atoms with E-state index < -0.39 is 0 Å². The standard InChI is InChI=1S/C14H17N3O2/c1-3-19-11-6-4-5-10(9-11)14(15)12-7-8-13(18-2)17-16-12/h4-9,14H,3,15H2,1-2H3. The number of nitrogens with zero attached hydrogens (tertiary/aromatic N) is 2. The van der Waals surface area contributed by atoms with Gasteiger partial charge in [-0.15, -0.1) is 10.2 Å². The van der Waals surface area contributed by atoms with Crippen molar-refractivity contribution in [3.8, 4) is 11.6 Å². The van der Waals surface area contributed by atoms with Gasteiger partial charge in [-0.2, -0.15) is 0 Å². The van der Waals surface area contributed by atoms with Gasteiger partial charge in [0.1, 0.15) is 5.75 Å². The monoisotopic (exact) mass is 259 g/mol. The molecule has 2 N–H and O–H groups in total. The van der Waals surface area contributed by atoms with Gasteiger partial charge in [0.2, 0.25) is 5.88 Å². The molecule has 1 heterocycles. The molecule has 0 fully saturated rings. The van der Waals surface area contributed by atoms with Gasteiger partial charge in [-0.3, -0.25) is 0 Å². The summed E-state index contributed by atoms with van der Waals surface area (Å²) in [6.07, 6.45) is 0. The van der Waals surface area contributed by atoms with Crippen molar-refractivity contribution < 1.29 is 9.47 Å². The van der Waals surface area contributed by atoms with E-state index in [0.717, 1.165) is 11.3 Å². The molecule has 0 saturated heterocycles. The Morgan fingerprint density at radius 3 is 2.68 bits per heavy atom. The van der Waals surface area contributed by atoms with Crippen LogP contribution >= 0.6 is 0 Å². The lowest BCUT2D eigenvalue weighted by molar-refractivity contribution is 0.339. The number of ether oxygens (including phenoxy) is 2. The second kappa shape index (κ2) is 6.15. The fourth-order valence-electron chi connectivity index (χ4n) is 1.74. The molecule has 0 aliphatic heterocycles. The summed E-state index contributed by atoms with van der Waals surface area (Å²) in [5.41, 5.74) is 7.80. The van der Waals surface area contributed by atoms with Gasteiger partial charge < -0.3 is 15.2 Å². The zero-order chi connectivity index (χ0) is 13.7. The third kappa shape index (κ3) is 3.20. The zero-order valence-electron chi connectivity index (χ0n) is 11.0. The van der Waals surface area contributed by atoms with Crippen LogP contribution in [0.3, 0.4) is 0 Å². The van der Waals surface area contributed by atoms with E-state index in [1.54, 1.807) is 13.2 Å². The Balaban J connectivity index is 2.22. The van der Waals surface area contributed by atoms with E-state index in [9.17, 15) is 0 Å². The Morgan fingerprint density at radius 2 is 2.05 bits per heavy atom. The average molecular weight is 259 g/mol. The van der Waals surface area contributed by atoms with Crippen molar-refractivity contribution in [2.24, 2.45) is 5.73 Å². The summed E-state index contributed by atoms with van der Waals surface area (Å²) >= 11 is 0. The second-order valence-corrected chi connectivity index (χ2v) is 3.98. The smallest absolute Gasteiger partial charge is 0.233 e. The summed E-state index contributed by atoms with van der Waals surface area (Å²) in [6.45, 7) is 2.57. The highest BCUT2D eigenvalue weighted by atomic mass is 16.5. The summed E-state index contributed by atoms with van der Waals surface area (Å²) < 4.78 is 10.4. The van der Waals surface area contributed by atoms with E-state index in [1.165, 1.54) is 0 Å². The van der Waals surface area contributed by atoms with Gasteiger partial charge >= 0.3 is 0 Å². The molecule has 2 aromatic rings. The van der Waals surface area contributed by atoms with Gasteiger partial charge in [-0.25, -0.2) is 0 Å². The normalized spacial score (nSPS) is 11.9. The van der Waals surface area contributed by atoms with E-state index in [1.807, 2.05) is 37.3 Å². The average Bonchev–Trinajstić information content (AvgIpc) is 2.47. The third-order valence-electron chi connectivity index (χ3n) is 2.72. The van der Waals surface area contributed by atoms with E-state index in [2.05, 4.69) is 10.2 Å². The Kier molecular flexibility index (Phi) is 4.30. The van der Waals surface area contributed by atoms with Crippen LogP contribution in [-0.4, -0.2) is 23.9 Å². The summed E-state index contributed by atoms with van der Waals surface area (Å²) in [5.74, 6) is 1.27. The molecular weight excluding hydrogens is 242 g/mol. The molecular formula is C14H17N3O2. The van der Waals surface area contributed by atoms with E-state index in [4.69, 9.17) is 15.2 Å². The Morgan fingerprint density at radius 1 is 1.21 bits per heavy atom. The maximum Gasteiger partial charge on any atom is 0.233 e. The molecule has 100 valence electrons. The third-order valence-corrected chi connectivity index (χ3v) is 2.72. The highest BCUT2D eigenvalue weighted by Gasteiger charge is 2.12. The molecule has 0 aliphatic rings. The SMILES string of the molecule is CCOc1cccc(C(N)c2ccc(OC)nn2)c1. The van der Waals surface area contributed by atoms with Crippen LogP contribution in [0.2, 0.25) is 0 Å². The number of benzene rings is 1. The van der Waals surface area contributed by atoms with Gasteiger partial charge in [-0.1, -0.05) is 12.1 Å². The van der Waals surface area contributed by atoms with Crippen LogP contribution in [0.5, 0.6) is 11.6 Å². The Hall–Kier alpha value is -2.14. The van der Waals surface area contributed by atoms with Gasteiger partial charge in [0, 0.05) is 6.07 Å². The van der Waals surface area contributed by atoms with Crippen LogP contribution in [0, 0.1) is 0 Å². The highest BCUT2D eigenvalue weighted by Crippen LogP contribution is 2.22. The van der Waals surface area contributed by atoms with E-state index in [-0.39, 0.29) is 6.04 Å². The van der Waals surface area contributed by atoms with Gasteiger partial charge in [0.05, 0.1) is 25.5 Å². The Bertz CT molecular complexity index is 528. The summed E-state index contributed by atoms with van der Waals surface area (Å²) in [7, 11) is 1.55. The molecule has 0 spiro atoms. The lowest BCUT2D eigenvalue weighted by Crippen LogP contribution is -2.14. The first-order valence-corrected chi connectivity index (χ1v) is 6.10. The number of rotatable bonds is 5. The fraction of sp³-hybridized carbons (Fsp3) is 0.286. The molecule has 1 aromatic carbocycles. The molecule has 5 nitrogen and oxygen atoms in total. The molecule has 0 radical (unpaired) electrons. The molecule has 0 amide bonds. The van der Waals surface area contributed by atoms with Gasteiger partial charge in [0.15, 0.2) is 0 Å². The minimum atomic E-state index is -0.334. The van der Waals surface area contributed by atoms with Crippen LogP contribution < -0.4 is 15.2 Å². The van der Waals surface area contributed by atoms with Crippen molar-refractivity contribution in [1.82, 2.24) is 10.2 Å². The lowest BCUT2D eigenvalue weighted by Gasteiger charge is -2.12. The molecule has 0 bridgehead atoms. The molecule has 0 aliphatic carbocycles. The maximum atomic E-state index is 6.17. The summed E-state index contributed by atoms with van der Waals surface area (Å²) in [4.78, 5) is 0. The first-order chi connectivity index (χ1) is 9.24. The first kappa shape index (κ1) is 13.3. The summed E-state index contributed by atoms with van der Waals surface area (Å²) in [5, 5.41) is 7.98. The number of aromatic nitrogens is 2. The van der Waals surface area contributed by atoms with Crippen molar-refractivity contribution in [2.45, 2.75) is 13.0 Å². The topological polar surface area (TPSA) is 70.3 Å². The van der Waals surface area contributed by atoms with Crippen LogP contribution in [0.15, 0.2) is 36.4 Å². The first-order valence-electron chi connectivity index (χ1n) is 6.10. The molecule has 1 unspecified atom stereocenters. The maximum absolute atomic E-state index is 6.17. The summed E-state index contributed by atoms with van der Waals surface area (Å²) in [6, 6.07) is 10.9. The van der Waals surface area contributed by atoms with Gasteiger partial charge in [0.25, 0.3) is 0 Å². The zero-order valence-corrected chi connectivity index (χ0v) is 11.0. The number of hydrogen-bond donors (Lipinski definition) is 1. The van der Waals surface area contributed by atoms with Gasteiger partial charge in [-0.05, 0) is 30.7 Å². The van der Waals surface area contributed by atoms with Crippen molar-refractivity contribution in [3.63, 3.8) is 0 Å². The minimum absolute atomic E-state index is 0.334. The number of methoxy groups -OCH3 is 1. The van der Waals surface area contributed by atoms with Crippen molar-refractivity contribution in [1.29, 1.82) is 0 Å². The van der Waals surface area contributed by atoms with Crippen molar-refractivity contribution in [3.05, 3.63) is 47.7 Å². The predicted molar refractivity (Wildman–Crippen MR) is 72.2 cm³/mol. The number of hydrogen-bond acceptors (Lipinski definition) is 5. The Labute approximate surface area is 112 Å². The quantitative estimate of drug-likeness (QED) is 0.888. The largest absolute Gasteiger partial charge is 0.494 e. The van der Waals surface area contributed by atoms with Crippen LogP contribution in [-0.2, 0) is 0 Å².